The Kier molecular flexibility index (Phi) is 4.11. The lowest BCUT2D eigenvalue weighted by atomic mass is 9.90. The molecule has 1 aliphatic rings. The summed E-state index contributed by atoms with van der Waals surface area (Å²) in [5.41, 5.74) is 5.16. The molecule has 0 aromatic rings. The van der Waals surface area contributed by atoms with Crippen LogP contribution in [-0.2, 0) is 4.79 Å². The number of β-amino-alcohol motifs (C(OH)–C–C–N with tert-alkyl or cyclic N) is 1. The van der Waals surface area contributed by atoms with Crippen molar-refractivity contribution in [3.8, 4) is 0 Å². The molecule has 0 bridgehead atoms. The molecule has 1 fully saturated rings. The van der Waals surface area contributed by atoms with Crippen LogP contribution in [0.25, 0.3) is 0 Å². The smallest absolute Gasteiger partial charge is 0.224 e. The molecule has 0 radical (unpaired) electrons. The zero-order valence-electron chi connectivity index (χ0n) is 9.70. The first-order valence-electron chi connectivity index (χ1n) is 5.76. The van der Waals surface area contributed by atoms with Crippen LogP contribution in [0.3, 0.4) is 0 Å². The van der Waals surface area contributed by atoms with Gasteiger partial charge in [0.15, 0.2) is 0 Å². The van der Waals surface area contributed by atoms with Gasteiger partial charge in [-0.1, -0.05) is 20.3 Å². The number of hydrogen-bond acceptors (Lipinski definition) is 3. The number of aliphatic hydroxyl groups is 1. The van der Waals surface area contributed by atoms with Gasteiger partial charge in [0.1, 0.15) is 0 Å². The van der Waals surface area contributed by atoms with Crippen molar-refractivity contribution in [1.29, 1.82) is 0 Å². The topological polar surface area (TPSA) is 66.6 Å². The number of amides is 1. The van der Waals surface area contributed by atoms with Crippen LogP contribution in [-0.4, -0.2) is 40.6 Å². The summed E-state index contributed by atoms with van der Waals surface area (Å²) in [4.78, 5) is 13.3. The van der Waals surface area contributed by atoms with Gasteiger partial charge in [-0.05, 0) is 12.8 Å². The third-order valence-electron chi connectivity index (χ3n) is 3.08. The Morgan fingerprint density at radius 1 is 1.53 bits per heavy atom. The monoisotopic (exact) mass is 214 g/mol. The minimum atomic E-state index is -0.634. The van der Waals surface area contributed by atoms with Gasteiger partial charge in [-0.3, -0.25) is 4.79 Å². The molecule has 1 amide bonds. The largest absolute Gasteiger partial charge is 0.386 e. The van der Waals surface area contributed by atoms with E-state index in [0.29, 0.717) is 25.9 Å². The Hall–Kier alpha value is -0.610. The molecule has 4 heteroatoms. The summed E-state index contributed by atoms with van der Waals surface area (Å²) < 4.78 is 0. The van der Waals surface area contributed by atoms with E-state index in [1.165, 1.54) is 0 Å². The molecule has 1 heterocycles. The Morgan fingerprint density at radius 3 is 2.60 bits per heavy atom. The van der Waals surface area contributed by atoms with Gasteiger partial charge in [-0.25, -0.2) is 0 Å². The lowest BCUT2D eigenvalue weighted by Crippen LogP contribution is -2.63. The van der Waals surface area contributed by atoms with Crippen molar-refractivity contribution in [2.75, 3.05) is 13.1 Å². The molecule has 1 rings (SSSR count). The SMILES string of the molecule is CCCC(N)CC(=O)N1CC(O)(CC)C1. The van der Waals surface area contributed by atoms with Crippen molar-refractivity contribution in [3.63, 3.8) is 0 Å². The molecule has 15 heavy (non-hydrogen) atoms. The summed E-state index contributed by atoms with van der Waals surface area (Å²) in [6.07, 6.45) is 3.01. The highest BCUT2D eigenvalue weighted by Gasteiger charge is 2.41. The zero-order chi connectivity index (χ0) is 11.5. The molecule has 88 valence electrons. The fourth-order valence-electron chi connectivity index (χ4n) is 1.89. The lowest BCUT2D eigenvalue weighted by molar-refractivity contribution is -0.156. The summed E-state index contributed by atoms with van der Waals surface area (Å²) in [6, 6.07) is -0.0298. The number of nitrogens with zero attached hydrogens (tertiary/aromatic N) is 1. The number of rotatable bonds is 5. The summed E-state index contributed by atoms with van der Waals surface area (Å²) >= 11 is 0. The van der Waals surface area contributed by atoms with Crippen LogP contribution in [0.2, 0.25) is 0 Å². The molecule has 1 saturated heterocycles. The van der Waals surface area contributed by atoms with Crippen molar-refractivity contribution < 1.29 is 9.90 Å². The minimum absolute atomic E-state index is 0.0298. The average Bonchev–Trinajstić information content (AvgIpc) is 2.13. The summed E-state index contributed by atoms with van der Waals surface area (Å²) in [5.74, 6) is 0.0778. The van der Waals surface area contributed by atoms with E-state index in [9.17, 15) is 9.90 Å². The Balaban J connectivity index is 2.26. The Bertz CT molecular complexity index is 225. The van der Waals surface area contributed by atoms with E-state index in [2.05, 4.69) is 6.92 Å². The number of nitrogens with two attached hydrogens (primary N) is 1. The third-order valence-corrected chi connectivity index (χ3v) is 3.08. The second kappa shape index (κ2) is 4.94. The fourth-order valence-corrected chi connectivity index (χ4v) is 1.89. The van der Waals surface area contributed by atoms with Crippen LogP contribution < -0.4 is 5.73 Å². The normalized spacial score (nSPS) is 20.9. The highest BCUT2D eigenvalue weighted by Crippen LogP contribution is 2.24. The van der Waals surface area contributed by atoms with E-state index in [-0.39, 0.29) is 11.9 Å². The third kappa shape index (κ3) is 3.18. The van der Waals surface area contributed by atoms with Crippen LogP contribution in [0.1, 0.15) is 39.5 Å². The standard InChI is InChI=1S/C11H22N2O2/c1-3-5-9(12)6-10(14)13-7-11(15,4-2)8-13/h9,15H,3-8,12H2,1-2H3. The summed E-state index contributed by atoms with van der Waals surface area (Å²) in [5, 5.41) is 9.75. The number of carbonyl (C=O) groups is 1. The zero-order valence-corrected chi connectivity index (χ0v) is 9.70. The molecule has 0 spiro atoms. The number of hydrogen-bond donors (Lipinski definition) is 2. The molecule has 4 nitrogen and oxygen atoms in total. The van der Waals surface area contributed by atoms with Crippen LogP contribution in [0.4, 0.5) is 0 Å². The molecular weight excluding hydrogens is 192 g/mol. The second-order valence-electron chi connectivity index (χ2n) is 4.58. The van der Waals surface area contributed by atoms with E-state index < -0.39 is 5.60 Å². The molecule has 0 aliphatic carbocycles. The van der Waals surface area contributed by atoms with Crippen molar-refractivity contribution in [1.82, 2.24) is 4.90 Å². The molecule has 0 saturated carbocycles. The van der Waals surface area contributed by atoms with Gasteiger partial charge in [-0.15, -0.1) is 0 Å². The van der Waals surface area contributed by atoms with E-state index in [4.69, 9.17) is 5.73 Å². The van der Waals surface area contributed by atoms with E-state index in [1.54, 1.807) is 4.90 Å². The maximum absolute atomic E-state index is 11.6. The van der Waals surface area contributed by atoms with E-state index >= 15 is 0 Å². The van der Waals surface area contributed by atoms with E-state index in [1.807, 2.05) is 6.92 Å². The van der Waals surface area contributed by atoms with Crippen molar-refractivity contribution in [2.45, 2.75) is 51.2 Å². The summed E-state index contributed by atoms with van der Waals surface area (Å²) in [7, 11) is 0. The van der Waals surface area contributed by atoms with Crippen LogP contribution in [0.15, 0.2) is 0 Å². The van der Waals surface area contributed by atoms with Crippen LogP contribution in [0.5, 0.6) is 0 Å². The highest BCUT2D eigenvalue weighted by molar-refractivity contribution is 5.78. The first kappa shape index (κ1) is 12.5. The molecule has 3 N–H and O–H groups in total. The van der Waals surface area contributed by atoms with E-state index in [0.717, 1.165) is 12.8 Å². The van der Waals surface area contributed by atoms with Crippen molar-refractivity contribution in [2.24, 2.45) is 5.73 Å². The second-order valence-corrected chi connectivity index (χ2v) is 4.58. The first-order chi connectivity index (χ1) is 7.00. The van der Waals surface area contributed by atoms with Gasteiger partial charge < -0.3 is 15.7 Å². The summed E-state index contributed by atoms with van der Waals surface area (Å²) in [6.45, 7) is 4.94. The van der Waals surface area contributed by atoms with Gasteiger partial charge >= 0.3 is 0 Å². The molecule has 1 aliphatic heterocycles. The predicted octanol–water partition coefficient (Wildman–Crippen LogP) is 0.487. The molecule has 1 atom stereocenters. The predicted molar refractivity (Wildman–Crippen MR) is 59.3 cm³/mol. The molecule has 0 aromatic carbocycles. The molecule has 0 aromatic heterocycles. The van der Waals surface area contributed by atoms with Gasteiger partial charge in [0, 0.05) is 12.5 Å². The first-order valence-corrected chi connectivity index (χ1v) is 5.76. The quantitative estimate of drug-likeness (QED) is 0.700. The maximum Gasteiger partial charge on any atom is 0.224 e. The molecule has 1 unspecified atom stereocenters. The van der Waals surface area contributed by atoms with Crippen molar-refractivity contribution >= 4 is 5.91 Å². The van der Waals surface area contributed by atoms with Gasteiger partial charge in [0.05, 0.1) is 18.7 Å². The van der Waals surface area contributed by atoms with Crippen molar-refractivity contribution in [3.05, 3.63) is 0 Å². The number of likely N-dealkylation sites (tertiary alicyclic amines) is 1. The van der Waals surface area contributed by atoms with Gasteiger partial charge in [0.2, 0.25) is 5.91 Å². The average molecular weight is 214 g/mol. The van der Waals surface area contributed by atoms with Gasteiger partial charge in [-0.2, -0.15) is 0 Å². The minimum Gasteiger partial charge on any atom is -0.386 e. The van der Waals surface area contributed by atoms with Crippen LogP contribution >= 0.6 is 0 Å². The Labute approximate surface area is 91.4 Å². The van der Waals surface area contributed by atoms with Gasteiger partial charge in [0.25, 0.3) is 0 Å². The molecular formula is C11H22N2O2. The Morgan fingerprint density at radius 2 is 2.13 bits per heavy atom. The van der Waals surface area contributed by atoms with Crippen LogP contribution in [0, 0.1) is 0 Å². The highest BCUT2D eigenvalue weighted by atomic mass is 16.3. The fraction of sp³-hybridized carbons (Fsp3) is 0.909. The maximum atomic E-state index is 11.6. The number of carbonyl (C=O) groups excluding carboxylic acids is 1. The lowest BCUT2D eigenvalue weighted by Gasteiger charge is -2.46.